The van der Waals surface area contributed by atoms with Crippen LogP contribution < -0.4 is 5.32 Å². The molecule has 1 aromatic rings. The molecule has 1 N–H and O–H groups in total. The lowest BCUT2D eigenvalue weighted by Gasteiger charge is -2.34. The summed E-state index contributed by atoms with van der Waals surface area (Å²) in [5, 5.41) is 5.65. The molecule has 1 unspecified atom stereocenters. The van der Waals surface area contributed by atoms with Gasteiger partial charge in [-0.25, -0.2) is 0 Å². The average molecular weight is 195 g/mol. The minimum Gasteiger partial charge on any atom is -0.384 e. The number of hydrogen-bond donors (Lipinski definition) is 1. The lowest BCUT2D eigenvalue weighted by atomic mass is 9.76. The Morgan fingerprint density at radius 3 is 2.92 bits per heavy atom. The Labute approximate surface area is 84.2 Å². The first-order chi connectivity index (χ1) is 6.09. The first kappa shape index (κ1) is 9.07. The molecule has 1 aliphatic rings. The van der Waals surface area contributed by atoms with Gasteiger partial charge in [0.1, 0.15) is 0 Å². The van der Waals surface area contributed by atoms with Crippen LogP contribution in [0.3, 0.4) is 0 Å². The maximum absolute atomic E-state index is 3.46. The van der Waals surface area contributed by atoms with E-state index in [0.717, 1.165) is 12.5 Å². The van der Waals surface area contributed by atoms with Crippen LogP contribution in [0.4, 0.5) is 5.69 Å². The molecule has 0 spiro atoms. The van der Waals surface area contributed by atoms with Crippen LogP contribution in [0.25, 0.3) is 0 Å². The van der Waals surface area contributed by atoms with E-state index in [2.05, 4.69) is 37.5 Å². The van der Waals surface area contributed by atoms with E-state index in [1.54, 1.807) is 4.88 Å². The standard InChI is InChI=1S/C11H17NS/c1-11(2,3)8-4-6-12-9-5-7-13-10(8)9/h5,7-8,12H,4,6H2,1-3H3. The van der Waals surface area contributed by atoms with E-state index in [1.807, 2.05) is 11.3 Å². The third-order valence-electron chi connectivity index (χ3n) is 2.81. The molecule has 72 valence electrons. The van der Waals surface area contributed by atoms with Crippen molar-refractivity contribution >= 4 is 17.0 Å². The Kier molecular flexibility index (Phi) is 2.11. The van der Waals surface area contributed by atoms with Crippen LogP contribution in [0.1, 0.15) is 38.0 Å². The van der Waals surface area contributed by atoms with Crippen molar-refractivity contribution in [1.29, 1.82) is 0 Å². The van der Waals surface area contributed by atoms with E-state index in [1.165, 1.54) is 12.1 Å². The number of rotatable bonds is 0. The minimum atomic E-state index is 0.404. The van der Waals surface area contributed by atoms with Gasteiger partial charge in [-0.05, 0) is 23.3 Å². The summed E-state index contributed by atoms with van der Waals surface area (Å²) in [4.78, 5) is 1.55. The molecule has 0 amide bonds. The molecule has 1 aliphatic heterocycles. The summed E-state index contributed by atoms with van der Waals surface area (Å²) < 4.78 is 0. The quantitative estimate of drug-likeness (QED) is 0.665. The smallest absolute Gasteiger partial charge is 0.0484 e. The molecule has 1 nitrogen and oxygen atoms in total. The highest BCUT2D eigenvalue weighted by molar-refractivity contribution is 7.10. The highest BCUT2D eigenvalue weighted by Crippen LogP contribution is 2.45. The Morgan fingerprint density at radius 2 is 2.23 bits per heavy atom. The molecular formula is C11H17NS. The van der Waals surface area contributed by atoms with Gasteiger partial charge in [0.15, 0.2) is 0 Å². The lowest BCUT2D eigenvalue weighted by molar-refractivity contribution is 0.310. The fourth-order valence-corrected chi connectivity index (χ4v) is 3.30. The Bertz CT molecular complexity index is 295. The molecule has 0 saturated heterocycles. The zero-order valence-electron chi connectivity index (χ0n) is 8.55. The second-order valence-corrected chi connectivity index (χ2v) is 5.78. The van der Waals surface area contributed by atoms with Crippen molar-refractivity contribution in [3.05, 3.63) is 16.3 Å². The van der Waals surface area contributed by atoms with Gasteiger partial charge in [0.05, 0.1) is 0 Å². The SMILES string of the molecule is CC(C)(C)C1CCNc2ccsc21. The summed E-state index contributed by atoms with van der Waals surface area (Å²) in [6.07, 6.45) is 1.27. The average Bonchev–Trinajstić information content (AvgIpc) is 2.48. The summed E-state index contributed by atoms with van der Waals surface area (Å²) in [7, 11) is 0. The fraction of sp³-hybridized carbons (Fsp3) is 0.636. The van der Waals surface area contributed by atoms with Gasteiger partial charge in [-0.3, -0.25) is 0 Å². The normalized spacial score (nSPS) is 22.2. The van der Waals surface area contributed by atoms with Crippen LogP contribution in [0.5, 0.6) is 0 Å². The lowest BCUT2D eigenvalue weighted by Crippen LogP contribution is -2.24. The molecule has 0 saturated carbocycles. The molecule has 2 heterocycles. The maximum Gasteiger partial charge on any atom is 0.0484 e. The van der Waals surface area contributed by atoms with Crippen LogP contribution in [0.15, 0.2) is 11.4 Å². The highest BCUT2D eigenvalue weighted by atomic mass is 32.1. The van der Waals surface area contributed by atoms with E-state index >= 15 is 0 Å². The Balaban J connectivity index is 2.35. The second kappa shape index (κ2) is 3.02. The van der Waals surface area contributed by atoms with Crippen molar-refractivity contribution in [1.82, 2.24) is 0 Å². The van der Waals surface area contributed by atoms with Crippen LogP contribution in [-0.4, -0.2) is 6.54 Å². The summed E-state index contributed by atoms with van der Waals surface area (Å²) >= 11 is 1.90. The number of nitrogens with one attached hydrogen (secondary N) is 1. The van der Waals surface area contributed by atoms with E-state index in [9.17, 15) is 0 Å². The van der Waals surface area contributed by atoms with Crippen molar-refractivity contribution in [3.8, 4) is 0 Å². The number of thiophene rings is 1. The Morgan fingerprint density at radius 1 is 1.46 bits per heavy atom. The first-order valence-corrected chi connectivity index (χ1v) is 5.78. The Hall–Kier alpha value is -0.500. The number of hydrogen-bond acceptors (Lipinski definition) is 2. The topological polar surface area (TPSA) is 12.0 Å². The highest BCUT2D eigenvalue weighted by Gasteiger charge is 2.31. The first-order valence-electron chi connectivity index (χ1n) is 4.90. The molecule has 13 heavy (non-hydrogen) atoms. The molecule has 0 aliphatic carbocycles. The van der Waals surface area contributed by atoms with E-state index in [-0.39, 0.29) is 0 Å². The summed E-state index contributed by atoms with van der Waals surface area (Å²) in [5.74, 6) is 0.740. The van der Waals surface area contributed by atoms with Crippen LogP contribution in [0.2, 0.25) is 0 Å². The molecule has 0 radical (unpaired) electrons. The van der Waals surface area contributed by atoms with Crippen molar-refractivity contribution in [3.63, 3.8) is 0 Å². The fourth-order valence-electron chi connectivity index (χ4n) is 2.05. The van der Waals surface area contributed by atoms with Gasteiger partial charge in [-0.15, -0.1) is 11.3 Å². The van der Waals surface area contributed by atoms with E-state index in [0.29, 0.717) is 5.41 Å². The number of fused-ring (bicyclic) bond motifs is 1. The van der Waals surface area contributed by atoms with Crippen LogP contribution in [0, 0.1) is 5.41 Å². The minimum absolute atomic E-state index is 0.404. The molecular weight excluding hydrogens is 178 g/mol. The molecule has 2 rings (SSSR count). The molecule has 0 aromatic carbocycles. The molecule has 1 atom stereocenters. The summed E-state index contributed by atoms with van der Waals surface area (Å²) in [5.41, 5.74) is 1.78. The summed E-state index contributed by atoms with van der Waals surface area (Å²) in [6, 6.07) is 2.21. The monoisotopic (exact) mass is 195 g/mol. The molecule has 2 heteroatoms. The largest absolute Gasteiger partial charge is 0.384 e. The molecule has 1 aromatic heterocycles. The molecule has 0 bridgehead atoms. The predicted molar refractivity (Wildman–Crippen MR) is 59.6 cm³/mol. The third kappa shape index (κ3) is 1.60. The van der Waals surface area contributed by atoms with Crippen LogP contribution in [-0.2, 0) is 0 Å². The van der Waals surface area contributed by atoms with Gasteiger partial charge in [0.25, 0.3) is 0 Å². The van der Waals surface area contributed by atoms with Gasteiger partial charge in [-0.2, -0.15) is 0 Å². The van der Waals surface area contributed by atoms with Crippen LogP contribution >= 0.6 is 11.3 Å². The molecule has 0 fully saturated rings. The van der Waals surface area contributed by atoms with Crippen molar-refractivity contribution in [2.75, 3.05) is 11.9 Å². The van der Waals surface area contributed by atoms with Crippen molar-refractivity contribution in [2.45, 2.75) is 33.1 Å². The predicted octanol–water partition coefficient (Wildman–Crippen LogP) is 3.69. The third-order valence-corrected chi connectivity index (χ3v) is 3.84. The van der Waals surface area contributed by atoms with Crippen molar-refractivity contribution in [2.24, 2.45) is 5.41 Å². The summed E-state index contributed by atoms with van der Waals surface area (Å²) in [6.45, 7) is 8.15. The zero-order chi connectivity index (χ0) is 9.47. The maximum atomic E-state index is 3.46. The van der Waals surface area contributed by atoms with E-state index in [4.69, 9.17) is 0 Å². The van der Waals surface area contributed by atoms with Gasteiger partial charge < -0.3 is 5.32 Å². The van der Waals surface area contributed by atoms with Gasteiger partial charge in [-0.1, -0.05) is 20.8 Å². The van der Waals surface area contributed by atoms with Gasteiger partial charge in [0, 0.05) is 23.0 Å². The van der Waals surface area contributed by atoms with E-state index < -0.39 is 0 Å². The zero-order valence-corrected chi connectivity index (χ0v) is 9.37. The second-order valence-electron chi connectivity index (χ2n) is 4.83. The van der Waals surface area contributed by atoms with Crippen molar-refractivity contribution < 1.29 is 0 Å². The number of anilines is 1. The van der Waals surface area contributed by atoms with Gasteiger partial charge in [0.2, 0.25) is 0 Å². The van der Waals surface area contributed by atoms with Gasteiger partial charge >= 0.3 is 0 Å².